The summed E-state index contributed by atoms with van der Waals surface area (Å²) >= 11 is 1.25. The van der Waals surface area contributed by atoms with Crippen LogP contribution in [0.3, 0.4) is 0 Å². The highest BCUT2D eigenvalue weighted by molar-refractivity contribution is 7.99. The van der Waals surface area contributed by atoms with Gasteiger partial charge in [0.1, 0.15) is 0 Å². The summed E-state index contributed by atoms with van der Waals surface area (Å²) in [6.07, 6.45) is 0. The number of thioether (sulfide) groups is 1. The quantitative estimate of drug-likeness (QED) is 0.234. The van der Waals surface area contributed by atoms with Gasteiger partial charge >= 0.3 is 0 Å². The van der Waals surface area contributed by atoms with Crippen LogP contribution < -0.4 is 10.7 Å². The first-order valence-electron chi connectivity index (χ1n) is 9.37. The molecular formula is C22H20N6OS. The molecule has 0 spiro atoms. The second-order valence-corrected chi connectivity index (χ2v) is 7.48. The maximum atomic E-state index is 12.0. The molecule has 0 fully saturated rings. The highest BCUT2D eigenvalue weighted by atomic mass is 32.2. The molecule has 0 radical (unpaired) electrons. The topological polar surface area (TPSA) is 95.1 Å². The molecule has 1 aromatic heterocycles. The number of nitrogens with zero attached hydrogens (tertiary/aromatic N) is 3. The number of rotatable bonds is 7. The number of nitrogens with one attached hydrogen (secondary N) is 3. The second kappa shape index (κ2) is 9.23. The zero-order chi connectivity index (χ0) is 20.8. The number of anilines is 2. The van der Waals surface area contributed by atoms with Gasteiger partial charge in [-0.25, -0.2) is 10.5 Å². The van der Waals surface area contributed by atoms with Crippen molar-refractivity contribution in [3.8, 4) is 0 Å². The molecule has 0 saturated carbocycles. The minimum atomic E-state index is -0.115. The van der Waals surface area contributed by atoms with Crippen LogP contribution in [0.1, 0.15) is 12.5 Å². The van der Waals surface area contributed by atoms with Gasteiger partial charge in [-0.2, -0.15) is 10.1 Å². The maximum absolute atomic E-state index is 12.0. The second-order valence-electron chi connectivity index (χ2n) is 6.54. The van der Waals surface area contributed by atoms with Crippen molar-refractivity contribution >= 4 is 45.8 Å². The first-order valence-corrected chi connectivity index (χ1v) is 10.4. The molecule has 0 aliphatic rings. The Balaban J connectivity index is 1.32. The summed E-state index contributed by atoms with van der Waals surface area (Å²) in [6, 6.07) is 23.7. The number of aromatic nitrogens is 3. The van der Waals surface area contributed by atoms with Crippen LogP contribution in [0.15, 0.2) is 83.1 Å². The summed E-state index contributed by atoms with van der Waals surface area (Å²) in [7, 11) is 0. The van der Waals surface area contributed by atoms with Crippen molar-refractivity contribution in [1.29, 1.82) is 0 Å². The number of hydrazone groups is 1. The molecule has 0 saturated heterocycles. The minimum absolute atomic E-state index is 0.115. The van der Waals surface area contributed by atoms with Gasteiger partial charge in [-0.3, -0.25) is 4.79 Å². The predicted molar refractivity (Wildman–Crippen MR) is 122 cm³/mol. The van der Waals surface area contributed by atoms with Gasteiger partial charge in [0, 0.05) is 5.69 Å². The van der Waals surface area contributed by atoms with Crippen LogP contribution in [-0.4, -0.2) is 32.6 Å². The van der Waals surface area contributed by atoms with Crippen molar-refractivity contribution in [2.24, 2.45) is 5.10 Å². The molecule has 0 unspecified atom stereocenters. The van der Waals surface area contributed by atoms with Crippen molar-refractivity contribution in [3.63, 3.8) is 0 Å². The third-order valence-corrected chi connectivity index (χ3v) is 5.20. The van der Waals surface area contributed by atoms with E-state index in [1.165, 1.54) is 17.1 Å². The lowest BCUT2D eigenvalue weighted by Gasteiger charge is -2.04. The van der Waals surface area contributed by atoms with Gasteiger partial charge in [0.05, 0.1) is 11.5 Å². The Hall–Kier alpha value is -3.65. The lowest BCUT2D eigenvalue weighted by Crippen LogP contribution is -2.13. The Labute approximate surface area is 178 Å². The fraction of sp³-hybridized carbons (Fsp3) is 0.0909. The number of aromatic amines is 1. The van der Waals surface area contributed by atoms with Crippen molar-refractivity contribution < 1.29 is 4.79 Å². The molecule has 0 aliphatic carbocycles. The standard InChI is InChI=1S/C22H20N6OS/c1-15(17-12-11-16-7-5-6-8-18(16)13-17)25-26-21-24-22(28-27-21)30-14-20(29)23-19-9-3-2-4-10-19/h2-13H,14H2,1H3,(H,23,29)(H2,24,26,27,28)/b25-15+. The molecule has 1 heterocycles. The first kappa shape index (κ1) is 19.7. The van der Waals surface area contributed by atoms with Gasteiger partial charge in [0.15, 0.2) is 0 Å². The SMILES string of the molecule is C/C(=N\Nc1nc(SCC(=O)Nc2ccccc2)n[nH]1)c1ccc2ccccc2c1. The Morgan fingerprint density at radius 1 is 1.03 bits per heavy atom. The molecule has 0 aliphatic heterocycles. The molecule has 3 N–H and O–H groups in total. The number of fused-ring (bicyclic) bond motifs is 1. The number of carbonyl (C=O) groups excluding carboxylic acids is 1. The number of H-pyrrole nitrogens is 1. The molecule has 0 bridgehead atoms. The van der Waals surface area contributed by atoms with Crippen molar-refractivity contribution in [2.45, 2.75) is 12.1 Å². The molecule has 30 heavy (non-hydrogen) atoms. The number of amides is 1. The minimum Gasteiger partial charge on any atom is -0.325 e. The normalized spacial score (nSPS) is 11.4. The van der Waals surface area contributed by atoms with Gasteiger partial charge in [0.25, 0.3) is 0 Å². The zero-order valence-corrected chi connectivity index (χ0v) is 17.1. The van der Waals surface area contributed by atoms with E-state index in [9.17, 15) is 4.79 Å². The number of carbonyl (C=O) groups is 1. The van der Waals surface area contributed by atoms with Crippen LogP contribution in [0.25, 0.3) is 10.8 Å². The Morgan fingerprint density at radius 3 is 2.63 bits per heavy atom. The van der Waals surface area contributed by atoms with Crippen LogP contribution in [0.5, 0.6) is 0 Å². The molecule has 3 aromatic carbocycles. The molecular weight excluding hydrogens is 396 g/mol. The third-order valence-electron chi connectivity index (χ3n) is 4.35. The Bertz CT molecular complexity index is 1190. The van der Waals surface area contributed by atoms with Crippen LogP contribution in [0.4, 0.5) is 11.6 Å². The monoisotopic (exact) mass is 416 g/mol. The lowest BCUT2D eigenvalue weighted by atomic mass is 10.0. The van der Waals surface area contributed by atoms with Crippen molar-refractivity contribution in [2.75, 3.05) is 16.5 Å². The van der Waals surface area contributed by atoms with Gasteiger partial charge in [-0.1, -0.05) is 66.4 Å². The van der Waals surface area contributed by atoms with Gasteiger partial charge in [-0.15, -0.1) is 5.10 Å². The van der Waals surface area contributed by atoms with E-state index >= 15 is 0 Å². The van der Waals surface area contributed by atoms with Crippen molar-refractivity contribution in [3.05, 3.63) is 78.4 Å². The van der Waals surface area contributed by atoms with Crippen molar-refractivity contribution in [1.82, 2.24) is 15.2 Å². The molecule has 150 valence electrons. The zero-order valence-electron chi connectivity index (χ0n) is 16.3. The maximum Gasteiger partial charge on any atom is 0.240 e. The van der Waals surface area contributed by atoms with E-state index in [1.807, 2.05) is 55.5 Å². The van der Waals surface area contributed by atoms with Gasteiger partial charge < -0.3 is 5.32 Å². The Kier molecular flexibility index (Phi) is 6.05. The number of hydrogen-bond donors (Lipinski definition) is 3. The lowest BCUT2D eigenvalue weighted by molar-refractivity contribution is -0.113. The summed E-state index contributed by atoms with van der Waals surface area (Å²) in [6.45, 7) is 1.93. The van der Waals surface area contributed by atoms with Crippen LogP contribution in [0.2, 0.25) is 0 Å². The van der Waals surface area contributed by atoms with E-state index in [4.69, 9.17) is 0 Å². The van der Waals surface area contributed by atoms with E-state index in [2.05, 4.69) is 55.3 Å². The number of para-hydroxylation sites is 1. The van der Waals surface area contributed by atoms with E-state index < -0.39 is 0 Å². The highest BCUT2D eigenvalue weighted by Crippen LogP contribution is 2.17. The fourth-order valence-electron chi connectivity index (χ4n) is 2.83. The fourth-order valence-corrected chi connectivity index (χ4v) is 3.42. The Morgan fingerprint density at radius 2 is 1.80 bits per heavy atom. The van der Waals surface area contributed by atoms with E-state index in [1.54, 1.807) is 0 Å². The smallest absolute Gasteiger partial charge is 0.240 e. The summed E-state index contributed by atoms with van der Waals surface area (Å²) in [4.78, 5) is 16.3. The van der Waals surface area contributed by atoms with E-state index in [0.29, 0.717) is 11.1 Å². The summed E-state index contributed by atoms with van der Waals surface area (Å²) in [5, 5.41) is 16.9. The van der Waals surface area contributed by atoms with Crippen LogP contribution in [-0.2, 0) is 4.79 Å². The summed E-state index contributed by atoms with van der Waals surface area (Å²) in [5.41, 5.74) is 5.50. The number of hydrogen-bond acceptors (Lipinski definition) is 6. The summed E-state index contributed by atoms with van der Waals surface area (Å²) in [5.74, 6) is 0.516. The number of benzene rings is 3. The average molecular weight is 417 g/mol. The van der Waals surface area contributed by atoms with Crippen LogP contribution >= 0.6 is 11.8 Å². The predicted octanol–water partition coefficient (Wildman–Crippen LogP) is 4.52. The third kappa shape index (κ3) is 5.03. The van der Waals surface area contributed by atoms with Gasteiger partial charge in [0.2, 0.25) is 17.0 Å². The summed E-state index contributed by atoms with van der Waals surface area (Å²) < 4.78 is 0. The van der Waals surface area contributed by atoms with Crippen LogP contribution in [0, 0.1) is 0 Å². The van der Waals surface area contributed by atoms with E-state index in [0.717, 1.165) is 22.3 Å². The molecule has 4 rings (SSSR count). The molecule has 8 heteroatoms. The molecule has 1 amide bonds. The van der Waals surface area contributed by atoms with Gasteiger partial charge in [-0.05, 0) is 41.5 Å². The molecule has 0 atom stereocenters. The first-order chi connectivity index (χ1) is 14.7. The average Bonchev–Trinajstić information content (AvgIpc) is 3.24. The molecule has 7 nitrogen and oxygen atoms in total. The highest BCUT2D eigenvalue weighted by Gasteiger charge is 2.08. The molecule has 4 aromatic rings. The van der Waals surface area contributed by atoms with E-state index in [-0.39, 0.29) is 11.7 Å². The largest absolute Gasteiger partial charge is 0.325 e.